The molecule has 8 heteroatoms. The molecule has 1 aliphatic carbocycles. The molecular weight excluding hydrogens is 545 g/mol. The smallest absolute Gasteiger partial charge is 0.339 e. The lowest BCUT2D eigenvalue weighted by Crippen LogP contribution is -2.30. The molecule has 0 atom stereocenters. The Kier molecular flexibility index (Phi) is 7.77. The molecule has 4 nitrogen and oxygen atoms in total. The first-order valence-corrected chi connectivity index (χ1v) is 15.4. The van der Waals surface area contributed by atoms with Crippen molar-refractivity contribution in [3.05, 3.63) is 70.3 Å². The number of anilines is 1. The summed E-state index contributed by atoms with van der Waals surface area (Å²) in [6.07, 6.45) is 9.27. The first kappa shape index (κ1) is 27.8. The molecule has 0 spiro atoms. The predicted molar refractivity (Wildman–Crippen MR) is 160 cm³/mol. The van der Waals surface area contributed by atoms with E-state index in [1.165, 1.54) is 25.7 Å². The second-order valence-electron chi connectivity index (χ2n) is 11.3. The Morgan fingerprint density at radius 3 is 2.20 bits per heavy atom. The van der Waals surface area contributed by atoms with Crippen LogP contribution in [0.25, 0.3) is 31.7 Å². The van der Waals surface area contributed by atoms with Crippen LogP contribution in [0.2, 0.25) is 0 Å². The van der Waals surface area contributed by atoms with Crippen molar-refractivity contribution in [2.75, 3.05) is 31.1 Å². The molecule has 41 heavy (non-hydrogen) atoms. The maximum atomic E-state index is 16.0. The van der Waals surface area contributed by atoms with Crippen LogP contribution >= 0.6 is 11.3 Å². The van der Waals surface area contributed by atoms with Gasteiger partial charge in [-0.2, -0.15) is 0 Å². The summed E-state index contributed by atoms with van der Waals surface area (Å²) >= 11 is 1.57. The van der Waals surface area contributed by atoms with Crippen LogP contribution in [0.4, 0.5) is 18.9 Å². The second kappa shape index (κ2) is 11.5. The van der Waals surface area contributed by atoms with Gasteiger partial charge in [0.05, 0.1) is 0 Å². The third-order valence-corrected chi connectivity index (χ3v) is 9.75. The number of carboxylic acids is 1. The zero-order chi connectivity index (χ0) is 28.7. The van der Waals surface area contributed by atoms with E-state index in [4.69, 9.17) is 0 Å². The van der Waals surface area contributed by atoms with E-state index >= 15 is 8.78 Å². The Labute approximate surface area is 241 Å². The number of benzene rings is 3. The lowest BCUT2D eigenvalue weighted by molar-refractivity contribution is 0.0691. The standard InChI is InChI=1S/C33H33F3N2O2S/c1-20-30(34)28(29(33(39)40)32(36)31(20)35)27-23-12-10-21(37-14-6-2-3-7-15-37)18-25(23)41-26-19-22(11-13-24(26)27)38-16-8-4-5-9-17-38/h10-13,18-19H,2-9,14-17H2,1H3/p+1. The molecule has 1 N–H and O–H groups in total. The van der Waals surface area contributed by atoms with Gasteiger partial charge in [-0.25, -0.2) is 22.5 Å². The number of carbonyl (C=O) groups is 1. The highest BCUT2D eigenvalue weighted by Crippen LogP contribution is 2.47. The van der Waals surface area contributed by atoms with Crippen LogP contribution in [-0.4, -0.2) is 37.3 Å². The van der Waals surface area contributed by atoms with Crippen molar-refractivity contribution in [2.24, 2.45) is 0 Å². The summed E-state index contributed by atoms with van der Waals surface area (Å²) in [5, 5.41) is 11.7. The maximum absolute atomic E-state index is 16.0. The van der Waals surface area contributed by atoms with Crippen LogP contribution in [0, 0.1) is 24.4 Å². The number of nitrogens with zero attached hydrogens (tertiary/aromatic N) is 2. The van der Waals surface area contributed by atoms with Gasteiger partial charge in [0.2, 0.25) is 5.36 Å². The topological polar surface area (TPSA) is 43.5 Å². The maximum Gasteiger partial charge on any atom is 0.339 e. The van der Waals surface area contributed by atoms with Gasteiger partial charge in [-0.15, -0.1) is 11.3 Å². The molecule has 0 bridgehead atoms. The molecular formula is C33H34F3N2O2S+. The van der Waals surface area contributed by atoms with Crippen LogP contribution in [0.15, 0.2) is 36.4 Å². The molecule has 3 aliphatic heterocycles. The number of fused-ring (bicyclic) bond motifs is 2. The molecule has 4 aliphatic rings. The van der Waals surface area contributed by atoms with Crippen LogP contribution in [-0.2, 0) is 0 Å². The molecule has 2 saturated heterocycles. The van der Waals surface area contributed by atoms with E-state index in [2.05, 4.69) is 21.6 Å². The fraction of sp³-hybridized carbons (Fsp3) is 0.394. The Morgan fingerprint density at radius 1 is 0.829 bits per heavy atom. The van der Waals surface area contributed by atoms with E-state index in [0.717, 1.165) is 79.4 Å². The van der Waals surface area contributed by atoms with Gasteiger partial charge in [0.15, 0.2) is 11.6 Å². The number of hydrogen-bond acceptors (Lipinski definition) is 3. The number of hydrogen-bond donors (Lipinski definition) is 1. The van der Waals surface area contributed by atoms with Crippen molar-refractivity contribution >= 4 is 33.1 Å². The molecule has 2 aromatic carbocycles. The van der Waals surface area contributed by atoms with Gasteiger partial charge in [0.1, 0.15) is 24.5 Å². The molecule has 0 unspecified atom stereocenters. The molecule has 2 fully saturated rings. The van der Waals surface area contributed by atoms with Gasteiger partial charge >= 0.3 is 5.97 Å². The summed E-state index contributed by atoms with van der Waals surface area (Å²) in [7, 11) is 0. The minimum Gasteiger partial charge on any atom is -0.478 e. The largest absolute Gasteiger partial charge is 0.478 e. The minimum atomic E-state index is -1.70. The average Bonchev–Trinajstić information content (AvgIpc) is 3.42. The zero-order valence-corrected chi connectivity index (χ0v) is 24.1. The SMILES string of the molecule is Cc1c(F)c(F)c(C(=O)O)c(-c2c3ccc(=[N+]4CCCCCC4)cc-3sc3cc(N4CCCCCC4)ccc23)c1F. The molecule has 2 aromatic rings. The summed E-state index contributed by atoms with van der Waals surface area (Å²) in [6, 6.07) is 11.9. The highest BCUT2D eigenvalue weighted by molar-refractivity contribution is 7.21. The van der Waals surface area contributed by atoms with Crippen molar-refractivity contribution in [3.63, 3.8) is 0 Å². The van der Waals surface area contributed by atoms with Gasteiger partial charge in [-0.05, 0) is 50.8 Å². The summed E-state index contributed by atoms with van der Waals surface area (Å²) < 4.78 is 49.0. The normalized spacial score (nSPS) is 16.7. The van der Waals surface area contributed by atoms with Crippen molar-refractivity contribution < 1.29 is 23.1 Å². The van der Waals surface area contributed by atoms with E-state index in [0.29, 0.717) is 10.9 Å². The van der Waals surface area contributed by atoms with Crippen molar-refractivity contribution in [2.45, 2.75) is 58.3 Å². The molecule has 0 amide bonds. The molecule has 6 rings (SSSR count). The van der Waals surface area contributed by atoms with Gasteiger partial charge in [0.25, 0.3) is 0 Å². The van der Waals surface area contributed by atoms with E-state index in [1.807, 2.05) is 24.3 Å². The Balaban J connectivity index is 1.68. The quantitative estimate of drug-likeness (QED) is 0.153. The molecule has 0 saturated carbocycles. The molecule has 0 aromatic heterocycles. The van der Waals surface area contributed by atoms with Crippen LogP contribution in [0.1, 0.15) is 67.3 Å². The predicted octanol–water partition coefficient (Wildman–Crippen LogP) is 7.82. The van der Waals surface area contributed by atoms with E-state index in [9.17, 15) is 14.3 Å². The van der Waals surface area contributed by atoms with Crippen molar-refractivity contribution in [1.82, 2.24) is 4.58 Å². The number of halogens is 3. The first-order valence-electron chi connectivity index (χ1n) is 14.6. The van der Waals surface area contributed by atoms with Gasteiger partial charge in [-0.1, -0.05) is 18.9 Å². The van der Waals surface area contributed by atoms with Crippen LogP contribution in [0.3, 0.4) is 0 Å². The summed E-state index contributed by atoms with van der Waals surface area (Å²) in [6.45, 7) is 4.96. The minimum absolute atomic E-state index is 0.287. The fourth-order valence-electron chi connectivity index (χ4n) is 6.40. The Hall–Kier alpha value is -3.39. The summed E-state index contributed by atoms with van der Waals surface area (Å²) in [4.78, 5) is 15.5. The first-order chi connectivity index (χ1) is 19.8. The van der Waals surface area contributed by atoms with Crippen molar-refractivity contribution in [1.29, 1.82) is 0 Å². The third-order valence-electron chi connectivity index (χ3n) is 8.64. The summed E-state index contributed by atoms with van der Waals surface area (Å²) in [5.74, 6) is -5.76. The lowest BCUT2D eigenvalue weighted by Gasteiger charge is -2.24. The van der Waals surface area contributed by atoms with E-state index in [-0.39, 0.29) is 5.56 Å². The summed E-state index contributed by atoms with van der Waals surface area (Å²) in [5.41, 5.74) is 0.0638. The monoisotopic (exact) mass is 579 g/mol. The van der Waals surface area contributed by atoms with Gasteiger partial charge < -0.3 is 10.0 Å². The van der Waals surface area contributed by atoms with Crippen molar-refractivity contribution in [3.8, 4) is 21.6 Å². The zero-order valence-electron chi connectivity index (χ0n) is 23.2. The lowest BCUT2D eigenvalue weighted by atomic mass is 9.89. The average molecular weight is 580 g/mol. The second-order valence-corrected chi connectivity index (χ2v) is 12.3. The number of rotatable bonds is 3. The van der Waals surface area contributed by atoms with Crippen LogP contribution < -0.4 is 14.8 Å². The Bertz CT molecular complexity index is 1680. The van der Waals surface area contributed by atoms with Gasteiger partial charge in [-0.3, -0.25) is 0 Å². The van der Waals surface area contributed by atoms with Crippen LogP contribution in [0.5, 0.6) is 0 Å². The number of aromatic carboxylic acids is 1. The highest BCUT2D eigenvalue weighted by Gasteiger charge is 2.31. The fourth-order valence-corrected chi connectivity index (χ4v) is 7.56. The molecule has 214 valence electrons. The van der Waals surface area contributed by atoms with E-state index < -0.39 is 40.1 Å². The third kappa shape index (κ3) is 5.11. The van der Waals surface area contributed by atoms with Gasteiger partial charge in [0, 0.05) is 81.0 Å². The highest BCUT2D eigenvalue weighted by atomic mass is 32.1. The Morgan fingerprint density at radius 2 is 1.51 bits per heavy atom. The van der Waals surface area contributed by atoms with E-state index in [1.54, 1.807) is 11.3 Å². The number of carboxylic acid groups (broad SMARTS) is 1. The molecule has 3 heterocycles. The molecule has 0 radical (unpaired) electrons.